The minimum absolute atomic E-state index is 0.116. The fraction of sp³-hybridized carbons (Fsp3) is 0.727. The minimum atomic E-state index is -0.116. The van der Waals surface area contributed by atoms with Gasteiger partial charge in [-0.1, -0.05) is 35.3 Å². The number of rotatable bonds is 4. The molecule has 2 fully saturated rings. The highest BCUT2D eigenvalue weighted by atomic mass is 79.9. The van der Waals surface area contributed by atoms with Crippen LogP contribution in [0.2, 0.25) is 0 Å². The van der Waals surface area contributed by atoms with E-state index in [-0.39, 0.29) is 11.5 Å². The van der Waals surface area contributed by atoms with E-state index in [9.17, 15) is 10.2 Å². The highest BCUT2D eigenvalue weighted by Crippen LogP contribution is 2.62. The first-order chi connectivity index (χ1) is 12.0. The summed E-state index contributed by atoms with van der Waals surface area (Å²) in [5, 5.41) is 22.0. The van der Waals surface area contributed by atoms with E-state index in [0.717, 1.165) is 18.2 Å². The number of benzene rings is 1. The Morgan fingerprint density at radius 2 is 2.08 bits per heavy atom. The lowest BCUT2D eigenvalue weighted by Gasteiger charge is -2.50. The summed E-state index contributed by atoms with van der Waals surface area (Å²) >= 11 is 3.53. The number of phenols is 1. The lowest BCUT2D eigenvalue weighted by molar-refractivity contribution is -0.0335. The quantitative estimate of drug-likeness (QED) is 0.518. The predicted octanol–water partition coefficient (Wildman–Crippen LogP) is 5.40. The minimum Gasteiger partial charge on any atom is -0.508 e. The molecule has 0 spiro atoms. The van der Waals surface area contributed by atoms with Crippen LogP contribution in [0.1, 0.15) is 68.9 Å². The van der Waals surface area contributed by atoms with Crippen molar-refractivity contribution in [3.8, 4) is 5.75 Å². The zero-order valence-electron chi connectivity index (χ0n) is 15.3. The standard InChI is InChI=1S/C22H31BrO2/c1-22-10-9-18-17-8-6-16(24)12-14(17)5-7-19(18)20(22)13-15(21(22)25)4-2-3-11-23/h6,8,12,15,18-21,24-25H,2-5,7,9-11,13H2,1H3/t15-,18-,19-,20+,21+,22+/m1/s1. The van der Waals surface area contributed by atoms with Gasteiger partial charge < -0.3 is 10.2 Å². The van der Waals surface area contributed by atoms with Crippen LogP contribution in [0.5, 0.6) is 5.75 Å². The summed E-state index contributed by atoms with van der Waals surface area (Å²) < 4.78 is 0. The summed E-state index contributed by atoms with van der Waals surface area (Å²) in [6.45, 7) is 2.37. The molecule has 0 bridgehead atoms. The van der Waals surface area contributed by atoms with Crippen molar-refractivity contribution in [2.75, 3.05) is 5.33 Å². The van der Waals surface area contributed by atoms with Crippen LogP contribution < -0.4 is 0 Å². The molecule has 4 rings (SSSR count). The molecular weight excluding hydrogens is 376 g/mol. The van der Waals surface area contributed by atoms with Gasteiger partial charge >= 0.3 is 0 Å². The Labute approximate surface area is 160 Å². The first kappa shape index (κ1) is 17.9. The summed E-state index contributed by atoms with van der Waals surface area (Å²) in [6.07, 6.45) is 9.38. The number of aliphatic hydroxyl groups excluding tert-OH is 1. The Kier molecular flexibility index (Phi) is 4.92. The SMILES string of the molecule is C[C@]12CC[C@@H]3c4ccc(O)cc4CC[C@H]3[C@@H]1C[C@@H](CCCCBr)[C@@H]2O. The molecule has 0 aliphatic heterocycles. The molecule has 0 amide bonds. The third kappa shape index (κ3) is 2.96. The molecule has 3 aliphatic rings. The third-order valence-electron chi connectivity index (χ3n) is 7.79. The van der Waals surface area contributed by atoms with E-state index in [2.05, 4.69) is 28.9 Å². The maximum Gasteiger partial charge on any atom is 0.115 e. The van der Waals surface area contributed by atoms with E-state index in [4.69, 9.17) is 0 Å². The first-order valence-corrected chi connectivity index (χ1v) is 11.2. The van der Waals surface area contributed by atoms with E-state index in [1.165, 1.54) is 49.7 Å². The second kappa shape index (κ2) is 6.88. The fourth-order valence-corrected chi connectivity index (χ4v) is 6.89. The van der Waals surface area contributed by atoms with Crippen molar-refractivity contribution in [3.63, 3.8) is 0 Å². The topological polar surface area (TPSA) is 40.5 Å². The van der Waals surface area contributed by atoms with Crippen LogP contribution in [-0.4, -0.2) is 21.6 Å². The van der Waals surface area contributed by atoms with Gasteiger partial charge in [-0.25, -0.2) is 0 Å². The van der Waals surface area contributed by atoms with Gasteiger partial charge in [-0.05, 0) is 97.3 Å². The highest BCUT2D eigenvalue weighted by molar-refractivity contribution is 9.09. The number of hydrogen-bond donors (Lipinski definition) is 2. The van der Waals surface area contributed by atoms with Crippen LogP contribution in [0.3, 0.4) is 0 Å². The Balaban J connectivity index is 1.56. The second-order valence-corrected chi connectivity index (χ2v) is 9.76. The van der Waals surface area contributed by atoms with Crippen LogP contribution in [0.25, 0.3) is 0 Å². The third-order valence-corrected chi connectivity index (χ3v) is 8.35. The van der Waals surface area contributed by atoms with Crippen molar-refractivity contribution < 1.29 is 10.2 Å². The van der Waals surface area contributed by atoms with Gasteiger partial charge in [0.2, 0.25) is 0 Å². The van der Waals surface area contributed by atoms with Crippen molar-refractivity contribution in [2.45, 2.75) is 70.3 Å². The monoisotopic (exact) mass is 406 g/mol. The summed E-state index contributed by atoms with van der Waals surface area (Å²) in [5.41, 5.74) is 2.96. The van der Waals surface area contributed by atoms with E-state index in [1.54, 1.807) is 0 Å². The van der Waals surface area contributed by atoms with Crippen molar-refractivity contribution >= 4 is 15.9 Å². The molecule has 0 radical (unpaired) electrons. The molecular formula is C22H31BrO2. The lowest BCUT2D eigenvalue weighted by atomic mass is 9.55. The molecule has 2 nitrogen and oxygen atoms in total. The van der Waals surface area contributed by atoms with Crippen LogP contribution in [-0.2, 0) is 6.42 Å². The van der Waals surface area contributed by atoms with Crippen molar-refractivity contribution in [2.24, 2.45) is 23.2 Å². The normalized spacial score (nSPS) is 39.6. The van der Waals surface area contributed by atoms with Crippen molar-refractivity contribution in [3.05, 3.63) is 29.3 Å². The summed E-state index contributed by atoms with van der Waals surface area (Å²) in [6, 6.07) is 6.01. The number of alkyl halides is 1. The fourth-order valence-electron chi connectivity index (χ4n) is 6.50. The van der Waals surface area contributed by atoms with Gasteiger partial charge in [0.15, 0.2) is 0 Å². The van der Waals surface area contributed by atoms with E-state index in [1.807, 2.05) is 12.1 Å². The molecule has 1 aromatic carbocycles. The largest absolute Gasteiger partial charge is 0.508 e. The summed E-state index contributed by atoms with van der Waals surface area (Å²) in [5.74, 6) is 2.91. The number of unbranched alkanes of at least 4 members (excludes halogenated alkanes) is 1. The van der Waals surface area contributed by atoms with Crippen molar-refractivity contribution in [1.82, 2.24) is 0 Å². The maximum atomic E-state index is 11.1. The molecule has 2 saturated carbocycles. The molecule has 1 aromatic rings. The van der Waals surface area contributed by atoms with Crippen LogP contribution in [0, 0.1) is 23.2 Å². The zero-order valence-corrected chi connectivity index (χ0v) is 16.8. The average Bonchev–Trinajstić information content (AvgIpc) is 2.86. The van der Waals surface area contributed by atoms with Crippen LogP contribution in [0.15, 0.2) is 18.2 Å². The predicted molar refractivity (Wildman–Crippen MR) is 105 cm³/mol. The number of aromatic hydroxyl groups is 1. The number of phenolic OH excluding ortho intramolecular Hbond substituents is 1. The summed E-state index contributed by atoms with van der Waals surface area (Å²) in [4.78, 5) is 0. The van der Waals surface area contributed by atoms with Gasteiger partial charge in [-0.3, -0.25) is 0 Å². The molecule has 0 unspecified atom stereocenters. The Bertz CT molecular complexity index is 630. The van der Waals surface area contributed by atoms with Crippen LogP contribution >= 0.6 is 15.9 Å². The molecule has 138 valence electrons. The lowest BCUT2D eigenvalue weighted by Crippen LogP contribution is -2.44. The van der Waals surface area contributed by atoms with E-state index in [0.29, 0.717) is 29.4 Å². The molecule has 6 atom stereocenters. The molecule has 2 N–H and O–H groups in total. The second-order valence-electron chi connectivity index (χ2n) is 8.97. The molecule has 0 aromatic heterocycles. The molecule has 3 heteroatoms. The number of aliphatic hydroxyl groups is 1. The Morgan fingerprint density at radius 1 is 1.24 bits per heavy atom. The zero-order chi connectivity index (χ0) is 17.6. The van der Waals surface area contributed by atoms with Gasteiger partial charge in [0.1, 0.15) is 5.75 Å². The van der Waals surface area contributed by atoms with Gasteiger partial charge in [-0.2, -0.15) is 0 Å². The number of hydrogen-bond acceptors (Lipinski definition) is 2. The van der Waals surface area contributed by atoms with Crippen LogP contribution in [0.4, 0.5) is 0 Å². The van der Waals surface area contributed by atoms with Gasteiger partial charge in [0, 0.05) is 5.33 Å². The maximum absolute atomic E-state index is 11.1. The molecule has 3 aliphatic carbocycles. The Hall–Kier alpha value is -0.540. The highest BCUT2D eigenvalue weighted by Gasteiger charge is 2.57. The van der Waals surface area contributed by atoms with E-state index < -0.39 is 0 Å². The molecule has 25 heavy (non-hydrogen) atoms. The Morgan fingerprint density at radius 3 is 2.88 bits per heavy atom. The van der Waals surface area contributed by atoms with Crippen molar-refractivity contribution in [1.29, 1.82) is 0 Å². The van der Waals surface area contributed by atoms with E-state index >= 15 is 0 Å². The smallest absolute Gasteiger partial charge is 0.115 e. The summed E-state index contributed by atoms with van der Waals surface area (Å²) in [7, 11) is 0. The molecule has 0 saturated heterocycles. The number of halogens is 1. The van der Waals surface area contributed by atoms with Gasteiger partial charge in [-0.15, -0.1) is 0 Å². The first-order valence-electron chi connectivity index (χ1n) is 10.1. The number of fused-ring (bicyclic) bond motifs is 5. The van der Waals surface area contributed by atoms with Gasteiger partial charge in [0.05, 0.1) is 6.10 Å². The number of aryl methyl sites for hydroxylation is 1. The average molecular weight is 407 g/mol. The van der Waals surface area contributed by atoms with Gasteiger partial charge in [0.25, 0.3) is 0 Å². The molecule has 0 heterocycles.